The molecule has 0 radical (unpaired) electrons. The van der Waals surface area contributed by atoms with Gasteiger partial charge < -0.3 is 30.0 Å². The van der Waals surface area contributed by atoms with Gasteiger partial charge in [-0.1, -0.05) is 0 Å². The molecule has 0 saturated carbocycles. The zero-order chi connectivity index (χ0) is 17.2. The number of carbonyl (C=O) groups excluding carboxylic acids is 2. The molecule has 128 valence electrons. The number of rotatable bonds is 8. The highest BCUT2D eigenvalue weighted by molar-refractivity contribution is 5.82. The van der Waals surface area contributed by atoms with Gasteiger partial charge in [0.2, 0.25) is 5.91 Å². The summed E-state index contributed by atoms with van der Waals surface area (Å²) in [4.78, 5) is 22.7. The summed E-state index contributed by atoms with van der Waals surface area (Å²) >= 11 is 0. The minimum atomic E-state index is -0.980. The third-order valence-electron chi connectivity index (χ3n) is 2.96. The Labute approximate surface area is 134 Å². The second kappa shape index (κ2) is 9.52. The molecule has 0 aliphatic heterocycles. The Hall–Kier alpha value is -2.48. The molecule has 1 aromatic carbocycles. The zero-order valence-electron chi connectivity index (χ0n) is 13.4. The molecule has 0 aromatic heterocycles. The number of alkyl carbamates (subject to hydrolysis) is 1. The molecular formula is C15H22N2O6. The van der Waals surface area contributed by atoms with Crippen LogP contribution >= 0.6 is 0 Å². The maximum absolute atomic E-state index is 11.6. The number of methoxy groups -OCH3 is 2. The third-order valence-corrected chi connectivity index (χ3v) is 2.96. The number of carbonyl (C=O) groups is 2. The second-order valence-corrected chi connectivity index (χ2v) is 4.50. The van der Waals surface area contributed by atoms with Crippen LogP contribution in [-0.2, 0) is 9.53 Å². The molecule has 0 fully saturated rings. The minimum Gasteiger partial charge on any atom is -0.497 e. The van der Waals surface area contributed by atoms with Gasteiger partial charge in [0.25, 0.3) is 0 Å². The van der Waals surface area contributed by atoms with Gasteiger partial charge in [0, 0.05) is 12.1 Å². The van der Waals surface area contributed by atoms with Crippen molar-refractivity contribution in [2.24, 2.45) is 0 Å². The van der Waals surface area contributed by atoms with Crippen molar-refractivity contribution in [3.05, 3.63) is 23.8 Å². The van der Waals surface area contributed by atoms with Gasteiger partial charge in [0.1, 0.15) is 11.5 Å². The molecule has 0 spiro atoms. The molecule has 1 unspecified atom stereocenters. The highest BCUT2D eigenvalue weighted by atomic mass is 16.5. The summed E-state index contributed by atoms with van der Waals surface area (Å²) in [6, 6.07) is 5.00. The Morgan fingerprint density at radius 3 is 2.57 bits per heavy atom. The predicted molar refractivity (Wildman–Crippen MR) is 82.5 cm³/mol. The summed E-state index contributed by atoms with van der Waals surface area (Å²) < 4.78 is 14.9. The van der Waals surface area contributed by atoms with Crippen molar-refractivity contribution in [3.63, 3.8) is 0 Å². The summed E-state index contributed by atoms with van der Waals surface area (Å²) in [5.41, 5.74) is 0.491. The quantitative estimate of drug-likeness (QED) is 0.646. The summed E-state index contributed by atoms with van der Waals surface area (Å²) in [5, 5.41) is 15.0. The van der Waals surface area contributed by atoms with Crippen LogP contribution in [-0.4, -0.2) is 51.0 Å². The van der Waals surface area contributed by atoms with E-state index in [2.05, 4.69) is 15.4 Å². The molecule has 3 N–H and O–H groups in total. The number of ether oxygens (including phenoxy) is 3. The van der Waals surface area contributed by atoms with Crippen molar-refractivity contribution < 1.29 is 28.9 Å². The van der Waals surface area contributed by atoms with Crippen LogP contribution in [0.1, 0.15) is 18.6 Å². The summed E-state index contributed by atoms with van der Waals surface area (Å²) in [6.07, 6.45) is -1.65. The van der Waals surface area contributed by atoms with Crippen LogP contribution in [0, 0.1) is 0 Å². The molecule has 0 aliphatic rings. The number of aliphatic hydroxyl groups excluding tert-OH is 1. The van der Waals surface area contributed by atoms with Crippen LogP contribution in [0.4, 0.5) is 4.79 Å². The van der Waals surface area contributed by atoms with E-state index in [0.29, 0.717) is 17.1 Å². The minimum absolute atomic E-state index is 0.0349. The van der Waals surface area contributed by atoms with Gasteiger partial charge in [0.15, 0.2) is 0 Å². The number of hydrogen-bond acceptors (Lipinski definition) is 6. The van der Waals surface area contributed by atoms with Crippen LogP contribution in [0.3, 0.4) is 0 Å². The van der Waals surface area contributed by atoms with E-state index in [1.54, 1.807) is 25.1 Å². The standard InChI is InChI=1S/C15H22N2O6/c1-4-23-15(20)17-9-14(19)16-8-12(18)11-7-10(21-2)5-6-13(11)22-3/h5-7,12,18H,4,8-9H2,1-3H3,(H,16,19)(H,17,20). The Balaban J connectivity index is 2.54. The third kappa shape index (κ3) is 6.03. The van der Waals surface area contributed by atoms with E-state index in [1.807, 2.05) is 0 Å². The van der Waals surface area contributed by atoms with Gasteiger partial charge in [-0.3, -0.25) is 4.79 Å². The van der Waals surface area contributed by atoms with Gasteiger partial charge in [0.05, 0.1) is 33.5 Å². The normalized spacial score (nSPS) is 11.3. The number of benzene rings is 1. The lowest BCUT2D eigenvalue weighted by atomic mass is 10.1. The molecule has 0 aliphatic carbocycles. The van der Waals surface area contributed by atoms with Gasteiger partial charge in [-0.25, -0.2) is 4.79 Å². The van der Waals surface area contributed by atoms with E-state index < -0.39 is 18.1 Å². The van der Waals surface area contributed by atoms with Crippen molar-refractivity contribution >= 4 is 12.0 Å². The summed E-state index contributed by atoms with van der Waals surface area (Å²) in [7, 11) is 3.00. The largest absolute Gasteiger partial charge is 0.497 e. The molecule has 1 rings (SSSR count). The van der Waals surface area contributed by atoms with E-state index in [9.17, 15) is 14.7 Å². The summed E-state index contributed by atoms with van der Waals surface area (Å²) in [6.45, 7) is 1.62. The molecule has 2 amide bonds. The second-order valence-electron chi connectivity index (χ2n) is 4.50. The Bertz CT molecular complexity index is 535. The van der Waals surface area contributed by atoms with Crippen LogP contribution in [0.25, 0.3) is 0 Å². The van der Waals surface area contributed by atoms with Crippen LogP contribution in [0.15, 0.2) is 18.2 Å². The fourth-order valence-electron chi connectivity index (χ4n) is 1.82. The molecular weight excluding hydrogens is 304 g/mol. The predicted octanol–water partition coefficient (Wildman–Crippen LogP) is 0.599. The van der Waals surface area contributed by atoms with E-state index in [-0.39, 0.29) is 19.7 Å². The molecule has 1 atom stereocenters. The number of amides is 2. The van der Waals surface area contributed by atoms with E-state index in [0.717, 1.165) is 0 Å². The monoisotopic (exact) mass is 326 g/mol. The molecule has 8 heteroatoms. The maximum atomic E-state index is 11.6. The average molecular weight is 326 g/mol. The van der Waals surface area contributed by atoms with E-state index in [4.69, 9.17) is 9.47 Å². The number of nitrogens with one attached hydrogen (secondary N) is 2. The lowest BCUT2D eigenvalue weighted by Crippen LogP contribution is -2.38. The number of hydrogen-bond donors (Lipinski definition) is 3. The van der Waals surface area contributed by atoms with Gasteiger partial charge >= 0.3 is 6.09 Å². The van der Waals surface area contributed by atoms with Gasteiger partial charge in [-0.2, -0.15) is 0 Å². The van der Waals surface area contributed by atoms with Crippen molar-refractivity contribution in [2.45, 2.75) is 13.0 Å². The molecule has 0 heterocycles. The lowest BCUT2D eigenvalue weighted by Gasteiger charge is -2.16. The van der Waals surface area contributed by atoms with Gasteiger partial charge in [-0.15, -0.1) is 0 Å². The SMILES string of the molecule is CCOC(=O)NCC(=O)NCC(O)c1cc(OC)ccc1OC. The Morgan fingerprint density at radius 1 is 1.22 bits per heavy atom. The van der Waals surface area contributed by atoms with Crippen LogP contribution < -0.4 is 20.1 Å². The fourth-order valence-corrected chi connectivity index (χ4v) is 1.82. The molecule has 0 saturated heterocycles. The lowest BCUT2D eigenvalue weighted by molar-refractivity contribution is -0.120. The first-order valence-corrected chi connectivity index (χ1v) is 7.09. The average Bonchev–Trinajstić information content (AvgIpc) is 2.57. The number of aliphatic hydroxyl groups is 1. The first-order valence-electron chi connectivity index (χ1n) is 7.09. The summed E-state index contributed by atoms with van der Waals surface area (Å²) in [5.74, 6) is 0.603. The van der Waals surface area contributed by atoms with Gasteiger partial charge in [-0.05, 0) is 25.1 Å². The smallest absolute Gasteiger partial charge is 0.407 e. The Morgan fingerprint density at radius 2 is 1.96 bits per heavy atom. The van der Waals surface area contributed by atoms with E-state index >= 15 is 0 Å². The molecule has 0 bridgehead atoms. The first-order chi connectivity index (χ1) is 11.0. The van der Waals surface area contributed by atoms with E-state index in [1.165, 1.54) is 14.2 Å². The van der Waals surface area contributed by atoms with Crippen LogP contribution in [0.5, 0.6) is 11.5 Å². The highest BCUT2D eigenvalue weighted by Gasteiger charge is 2.16. The van der Waals surface area contributed by atoms with Crippen molar-refractivity contribution in [1.82, 2.24) is 10.6 Å². The zero-order valence-corrected chi connectivity index (χ0v) is 13.4. The topological polar surface area (TPSA) is 106 Å². The van der Waals surface area contributed by atoms with Crippen molar-refractivity contribution in [1.29, 1.82) is 0 Å². The van der Waals surface area contributed by atoms with Crippen molar-refractivity contribution in [3.8, 4) is 11.5 Å². The fraction of sp³-hybridized carbons (Fsp3) is 0.467. The van der Waals surface area contributed by atoms with Crippen molar-refractivity contribution in [2.75, 3.05) is 33.9 Å². The molecule has 23 heavy (non-hydrogen) atoms. The molecule has 1 aromatic rings. The first kappa shape index (κ1) is 18.6. The highest BCUT2D eigenvalue weighted by Crippen LogP contribution is 2.28. The maximum Gasteiger partial charge on any atom is 0.407 e. The Kier molecular flexibility index (Phi) is 7.69. The molecule has 8 nitrogen and oxygen atoms in total. The van der Waals surface area contributed by atoms with Crippen LogP contribution in [0.2, 0.25) is 0 Å².